The minimum Gasteiger partial charge on any atom is -0.491 e. The summed E-state index contributed by atoms with van der Waals surface area (Å²) in [6.45, 7) is 3.94. The molecular formula is C12H16O2S. The van der Waals surface area contributed by atoms with E-state index in [9.17, 15) is 4.79 Å². The van der Waals surface area contributed by atoms with Gasteiger partial charge < -0.3 is 4.74 Å². The van der Waals surface area contributed by atoms with Crippen molar-refractivity contribution in [2.24, 2.45) is 0 Å². The van der Waals surface area contributed by atoms with Gasteiger partial charge in [0, 0.05) is 5.56 Å². The van der Waals surface area contributed by atoms with Crippen LogP contribution in [0.15, 0.2) is 24.3 Å². The second-order valence-electron chi connectivity index (χ2n) is 3.55. The van der Waals surface area contributed by atoms with Crippen LogP contribution in [-0.4, -0.2) is 23.9 Å². The van der Waals surface area contributed by atoms with E-state index in [0.29, 0.717) is 5.75 Å². The summed E-state index contributed by atoms with van der Waals surface area (Å²) in [7, 11) is 0. The minimum atomic E-state index is 0.135. The molecule has 1 rings (SSSR count). The first-order valence-electron chi connectivity index (χ1n) is 4.92. The predicted octanol–water partition coefficient (Wildman–Crippen LogP) is 3.02. The average molecular weight is 224 g/mol. The van der Waals surface area contributed by atoms with Crippen LogP contribution in [0.2, 0.25) is 0 Å². The normalized spacial score (nSPS) is 10.4. The molecule has 0 bridgehead atoms. The van der Waals surface area contributed by atoms with Crippen LogP contribution in [0.25, 0.3) is 0 Å². The third-order valence-corrected chi connectivity index (χ3v) is 2.35. The smallest absolute Gasteiger partial charge is 0.172 e. The first kappa shape index (κ1) is 12.1. The molecule has 82 valence electrons. The maximum atomic E-state index is 11.6. The van der Waals surface area contributed by atoms with E-state index in [1.165, 1.54) is 11.8 Å². The molecule has 15 heavy (non-hydrogen) atoms. The number of carbonyl (C=O) groups excluding carboxylic acids is 1. The first-order chi connectivity index (χ1) is 7.13. The fourth-order valence-corrected chi connectivity index (χ4v) is 1.66. The van der Waals surface area contributed by atoms with Gasteiger partial charge in [-0.25, -0.2) is 0 Å². The Labute approximate surface area is 95.0 Å². The third-order valence-electron chi connectivity index (χ3n) is 1.80. The molecule has 3 heteroatoms. The van der Waals surface area contributed by atoms with Gasteiger partial charge in [-0.05, 0) is 32.2 Å². The molecule has 0 fully saturated rings. The van der Waals surface area contributed by atoms with Gasteiger partial charge >= 0.3 is 0 Å². The van der Waals surface area contributed by atoms with Crippen LogP contribution in [0, 0.1) is 0 Å². The van der Waals surface area contributed by atoms with Crippen LogP contribution in [0.4, 0.5) is 0 Å². The number of rotatable bonds is 5. The van der Waals surface area contributed by atoms with Crippen molar-refractivity contribution in [3.05, 3.63) is 29.8 Å². The minimum absolute atomic E-state index is 0.135. The number of ether oxygens (including phenoxy) is 1. The SMILES string of the molecule is CSCC(=O)c1cccc(OC(C)C)c1. The van der Waals surface area contributed by atoms with E-state index in [4.69, 9.17) is 4.74 Å². The monoisotopic (exact) mass is 224 g/mol. The lowest BCUT2D eigenvalue weighted by atomic mass is 10.1. The molecule has 0 aromatic heterocycles. The zero-order chi connectivity index (χ0) is 11.3. The molecule has 0 heterocycles. The van der Waals surface area contributed by atoms with Gasteiger partial charge in [-0.2, -0.15) is 11.8 Å². The molecule has 0 amide bonds. The highest BCUT2D eigenvalue weighted by atomic mass is 32.2. The van der Waals surface area contributed by atoms with E-state index >= 15 is 0 Å². The van der Waals surface area contributed by atoms with Crippen molar-refractivity contribution in [3.8, 4) is 5.75 Å². The number of thioether (sulfide) groups is 1. The lowest BCUT2D eigenvalue weighted by Gasteiger charge is -2.10. The van der Waals surface area contributed by atoms with E-state index < -0.39 is 0 Å². The molecule has 0 unspecified atom stereocenters. The summed E-state index contributed by atoms with van der Waals surface area (Å²) in [4.78, 5) is 11.6. The number of ketones is 1. The number of Topliss-reactive ketones (excluding diaryl/α,β-unsaturated/α-hetero) is 1. The molecule has 2 nitrogen and oxygen atoms in total. The van der Waals surface area contributed by atoms with Gasteiger partial charge in [0.1, 0.15) is 5.75 Å². The Bertz CT molecular complexity index is 334. The van der Waals surface area contributed by atoms with Crippen molar-refractivity contribution in [3.63, 3.8) is 0 Å². The summed E-state index contributed by atoms with van der Waals surface area (Å²) >= 11 is 1.53. The van der Waals surface area contributed by atoms with Crippen LogP contribution >= 0.6 is 11.8 Å². The number of benzene rings is 1. The summed E-state index contributed by atoms with van der Waals surface area (Å²) < 4.78 is 5.52. The van der Waals surface area contributed by atoms with Crippen LogP contribution in [-0.2, 0) is 0 Å². The summed E-state index contributed by atoms with van der Waals surface area (Å²) in [5.74, 6) is 1.43. The molecular weight excluding hydrogens is 208 g/mol. The van der Waals surface area contributed by atoms with Gasteiger partial charge in [-0.3, -0.25) is 4.79 Å². The summed E-state index contributed by atoms with van der Waals surface area (Å²) in [6.07, 6.45) is 2.06. The molecule has 1 aromatic carbocycles. The van der Waals surface area contributed by atoms with E-state index in [0.717, 1.165) is 11.3 Å². The molecule has 0 saturated heterocycles. The average Bonchev–Trinajstić information content (AvgIpc) is 2.17. The van der Waals surface area contributed by atoms with Gasteiger partial charge in [-0.15, -0.1) is 0 Å². The number of carbonyl (C=O) groups is 1. The van der Waals surface area contributed by atoms with E-state index in [2.05, 4.69) is 0 Å². The maximum absolute atomic E-state index is 11.6. The molecule has 0 atom stereocenters. The topological polar surface area (TPSA) is 26.3 Å². The quantitative estimate of drug-likeness (QED) is 0.719. The Balaban J connectivity index is 2.78. The lowest BCUT2D eigenvalue weighted by molar-refractivity contribution is 0.102. The van der Waals surface area contributed by atoms with Crippen LogP contribution in [0.3, 0.4) is 0 Å². The van der Waals surface area contributed by atoms with Crippen molar-refractivity contribution >= 4 is 17.5 Å². The van der Waals surface area contributed by atoms with Crippen molar-refractivity contribution in [1.29, 1.82) is 0 Å². The first-order valence-corrected chi connectivity index (χ1v) is 6.31. The molecule has 1 aromatic rings. The lowest BCUT2D eigenvalue weighted by Crippen LogP contribution is -2.07. The summed E-state index contributed by atoms with van der Waals surface area (Å²) in [6, 6.07) is 7.35. The summed E-state index contributed by atoms with van der Waals surface area (Å²) in [5.41, 5.74) is 0.725. The molecule has 0 aliphatic carbocycles. The fourth-order valence-electron chi connectivity index (χ4n) is 1.23. The second kappa shape index (κ2) is 5.81. The predicted molar refractivity (Wildman–Crippen MR) is 64.9 cm³/mol. The van der Waals surface area contributed by atoms with E-state index in [1.54, 1.807) is 6.07 Å². The molecule has 0 aliphatic rings. The van der Waals surface area contributed by atoms with Gasteiger partial charge in [0.05, 0.1) is 11.9 Å². The Kier molecular flexibility index (Phi) is 4.69. The zero-order valence-electron chi connectivity index (χ0n) is 9.32. The van der Waals surface area contributed by atoms with Crippen molar-refractivity contribution in [2.45, 2.75) is 20.0 Å². The largest absolute Gasteiger partial charge is 0.491 e. The van der Waals surface area contributed by atoms with Crippen LogP contribution in [0.1, 0.15) is 24.2 Å². The van der Waals surface area contributed by atoms with E-state index in [-0.39, 0.29) is 11.9 Å². The van der Waals surface area contributed by atoms with Crippen molar-refractivity contribution in [2.75, 3.05) is 12.0 Å². The highest BCUT2D eigenvalue weighted by Gasteiger charge is 2.06. The van der Waals surface area contributed by atoms with Crippen LogP contribution < -0.4 is 4.74 Å². The van der Waals surface area contributed by atoms with E-state index in [1.807, 2.05) is 38.3 Å². The molecule has 0 saturated carbocycles. The molecule has 0 N–H and O–H groups in total. The Hall–Kier alpha value is -0.960. The Morgan fingerprint density at radius 3 is 2.80 bits per heavy atom. The number of hydrogen-bond donors (Lipinski definition) is 0. The number of hydrogen-bond acceptors (Lipinski definition) is 3. The van der Waals surface area contributed by atoms with Crippen molar-refractivity contribution in [1.82, 2.24) is 0 Å². The Morgan fingerprint density at radius 2 is 2.20 bits per heavy atom. The highest BCUT2D eigenvalue weighted by Crippen LogP contribution is 2.16. The highest BCUT2D eigenvalue weighted by molar-refractivity contribution is 7.99. The molecule has 0 aliphatic heterocycles. The third kappa shape index (κ3) is 3.96. The zero-order valence-corrected chi connectivity index (χ0v) is 10.1. The Morgan fingerprint density at radius 1 is 1.47 bits per heavy atom. The van der Waals surface area contributed by atoms with Gasteiger partial charge in [-0.1, -0.05) is 12.1 Å². The standard InChI is InChI=1S/C12H16O2S/c1-9(2)14-11-6-4-5-10(7-11)12(13)8-15-3/h4-7,9H,8H2,1-3H3. The maximum Gasteiger partial charge on any atom is 0.172 e. The fraction of sp³-hybridized carbons (Fsp3) is 0.417. The molecule has 0 spiro atoms. The van der Waals surface area contributed by atoms with Crippen LogP contribution in [0.5, 0.6) is 5.75 Å². The second-order valence-corrected chi connectivity index (χ2v) is 4.42. The van der Waals surface area contributed by atoms with Gasteiger partial charge in [0.15, 0.2) is 5.78 Å². The molecule has 0 radical (unpaired) electrons. The van der Waals surface area contributed by atoms with Crippen molar-refractivity contribution < 1.29 is 9.53 Å². The van der Waals surface area contributed by atoms with Gasteiger partial charge in [0.2, 0.25) is 0 Å². The van der Waals surface area contributed by atoms with Gasteiger partial charge in [0.25, 0.3) is 0 Å². The summed E-state index contributed by atoms with van der Waals surface area (Å²) in [5, 5.41) is 0.